The molecule has 1 aliphatic heterocycles. The fraction of sp³-hybridized carbons (Fsp3) is 0.519. The lowest BCUT2D eigenvalue weighted by Gasteiger charge is -2.32. The van der Waals surface area contributed by atoms with Crippen molar-refractivity contribution in [1.29, 1.82) is 0 Å². The van der Waals surface area contributed by atoms with E-state index in [9.17, 15) is 9.59 Å². The zero-order valence-corrected chi connectivity index (χ0v) is 22.2. The van der Waals surface area contributed by atoms with E-state index in [2.05, 4.69) is 20.7 Å². The molecular weight excluding hydrogens is 504 g/mol. The molecule has 12 nitrogen and oxygen atoms in total. The summed E-state index contributed by atoms with van der Waals surface area (Å²) in [5.74, 6) is 1.23. The van der Waals surface area contributed by atoms with Crippen LogP contribution in [0.5, 0.6) is 11.5 Å². The molecule has 2 fully saturated rings. The molecule has 1 saturated heterocycles. The number of amides is 2. The van der Waals surface area contributed by atoms with E-state index in [1.807, 2.05) is 0 Å². The number of aromatic nitrogens is 4. The normalized spacial score (nSPS) is 18.2. The summed E-state index contributed by atoms with van der Waals surface area (Å²) in [6.07, 6.45) is 7.07. The van der Waals surface area contributed by atoms with E-state index in [1.165, 1.54) is 16.0 Å². The number of carbonyl (C=O) groups excluding carboxylic acids is 2. The molecule has 0 radical (unpaired) electrons. The number of hydrogen-bond donors (Lipinski definition) is 1. The van der Waals surface area contributed by atoms with Crippen LogP contribution in [0.25, 0.3) is 11.4 Å². The van der Waals surface area contributed by atoms with Crippen molar-refractivity contribution in [2.24, 2.45) is 0 Å². The molecule has 2 atom stereocenters. The highest BCUT2D eigenvalue weighted by atomic mass is 16.5. The van der Waals surface area contributed by atoms with Crippen molar-refractivity contribution in [2.75, 3.05) is 27.4 Å². The first-order valence-electron chi connectivity index (χ1n) is 13.3. The van der Waals surface area contributed by atoms with E-state index in [-0.39, 0.29) is 37.0 Å². The zero-order chi connectivity index (χ0) is 27.2. The van der Waals surface area contributed by atoms with Crippen molar-refractivity contribution >= 4 is 11.8 Å². The maximum atomic E-state index is 13.8. The van der Waals surface area contributed by atoms with Crippen LogP contribution in [0.1, 0.15) is 50.3 Å². The van der Waals surface area contributed by atoms with Gasteiger partial charge in [-0.15, -0.1) is 10.2 Å². The number of nitrogens with one attached hydrogen (secondary N) is 1. The summed E-state index contributed by atoms with van der Waals surface area (Å²) in [5, 5.41) is 15.8. The summed E-state index contributed by atoms with van der Waals surface area (Å²) in [5.41, 5.74) is 0.659. The summed E-state index contributed by atoms with van der Waals surface area (Å²) in [6, 6.07) is 7.87. The Balaban J connectivity index is 1.38. The van der Waals surface area contributed by atoms with Crippen molar-refractivity contribution in [1.82, 2.24) is 30.4 Å². The van der Waals surface area contributed by atoms with E-state index >= 15 is 0 Å². The standard InChI is InChI=1S/C27H34N6O6/c1-36-21-12-11-18(15-23(21)37-2)26-29-31-33(30-26)17-24(34)32(16-20-9-5-13-38-20)25(22-10-6-14-39-22)27(35)28-19-7-3-4-8-19/h6,10-12,14-15,19-20,25H,3-5,7-9,13,16-17H2,1-2H3,(H,28,35)/t20-,25-/m0/s1. The Morgan fingerprint density at radius 2 is 1.95 bits per heavy atom. The number of ether oxygens (including phenoxy) is 3. The molecule has 1 N–H and O–H groups in total. The Morgan fingerprint density at radius 1 is 1.13 bits per heavy atom. The van der Waals surface area contributed by atoms with Crippen LogP contribution < -0.4 is 14.8 Å². The monoisotopic (exact) mass is 538 g/mol. The van der Waals surface area contributed by atoms with Gasteiger partial charge in [0, 0.05) is 24.8 Å². The van der Waals surface area contributed by atoms with Gasteiger partial charge in [0.25, 0.3) is 5.91 Å². The maximum absolute atomic E-state index is 13.8. The molecule has 0 bridgehead atoms. The number of rotatable bonds is 11. The highest BCUT2D eigenvalue weighted by Crippen LogP contribution is 2.31. The number of furan rings is 1. The third-order valence-electron chi connectivity index (χ3n) is 7.19. The number of hydrogen-bond acceptors (Lipinski definition) is 9. The summed E-state index contributed by atoms with van der Waals surface area (Å²) >= 11 is 0. The second-order valence-corrected chi connectivity index (χ2v) is 9.80. The fourth-order valence-corrected chi connectivity index (χ4v) is 5.19. The summed E-state index contributed by atoms with van der Waals surface area (Å²) < 4.78 is 22.2. The van der Waals surface area contributed by atoms with Gasteiger partial charge in [-0.25, -0.2) is 0 Å². The zero-order valence-electron chi connectivity index (χ0n) is 22.2. The molecular formula is C27H34N6O6. The van der Waals surface area contributed by atoms with Gasteiger partial charge in [-0.3, -0.25) is 9.59 Å². The van der Waals surface area contributed by atoms with Gasteiger partial charge in [-0.1, -0.05) is 12.8 Å². The Morgan fingerprint density at radius 3 is 2.64 bits per heavy atom. The molecule has 1 aliphatic carbocycles. The number of carbonyl (C=O) groups is 2. The molecule has 1 aromatic carbocycles. The Kier molecular flexibility index (Phi) is 8.40. The molecule has 2 aliphatic rings. The van der Waals surface area contributed by atoms with Crippen LogP contribution in [0, 0.1) is 0 Å². The van der Waals surface area contributed by atoms with Crippen molar-refractivity contribution in [3.05, 3.63) is 42.4 Å². The van der Waals surface area contributed by atoms with Crippen LogP contribution in [-0.4, -0.2) is 76.4 Å². The highest BCUT2D eigenvalue weighted by Gasteiger charge is 2.37. The average Bonchev–Trinajstić information content (AvgIpc) is 3.77. The van der Waals surface area contributed by atoms with Crippen LogP contribution in [0.15, 0.2) is 41.0 Å². The number of benzene rings is 1. The number of tetrazole rings is 1. The van der Waals surface area contributed by atoms with Gasteiger partial charge in [-0.05, 0) is 61.2 Å². The third kappa shape index (κ3) is 6.22. The van der Waals surface area contributed by atoms with E-state index in [0.29, 0.717) is 35.3 Å². The minimum atomic E-state index is -0.939. The lowest BCUT2D eigenvalue weighted by atomic mass is 10.1. The summed E-state index contributed by atoms with van der Waals surface area (Å²) in [4.78, 5) is 30.1. The van der Waals surface area contributed by atoms with Crippen LogP contribution in [0.4, 0.5) is 0 Å². The molecule has 2 aromatic heterocycles. The third-order valence-corrected chi connectivity index (χ3v) is 7.19. The smallest absolute Gasteiger partial charge is 0.250 e. The van der Waals surface area contributed by atoms with Crippen LogP contribution in [0.3, 0.4) is 0 Å². The fourth-order valence-electron chi connectivity index (χ4n) is 5.19. The van der Waals surface area contributed by atoms with E-state index in [4.69, 9.17) is 18.6 Å². The molecule has 12 heteroatoms. The average molecular weight is 539 g/mol. The van der Waals surface area contributed by atoms with Gasteiger partial charge in [0.2, 0.25) is 11.7 Å². The minimum Gasteiger partial charge on any atom is -0.493 e. The van der Waals surface area contributed by atoms with Gasteiger partial charge in [0.1, 0.15) is 12.3 Å². The molecule has 39 heavy (non-hydrogen) atoms. The van der Waals surface area contributed by atoms with Gasteiger partial charge in [-0.2, -0.15) is 4.80 Å². The Bertz CT molecular complexity index is 1250. The largest absolute Gasteiger partial charge is 0.493 e. The molecule has 3 aromatic rings. The number of nitrogens with zero attached hydrogens (tertiary/aromatic N) is 5. The van der Waals surface area contributed by atoms with E-state index < -0.39 is 6.04 Å². The molecule has 0 unspecified atom stereocenters. The molecule has 5 rings (SSSR count). The highest BCUT2D eigenvalue weighted by molar-refractivity contribution is 5.88. The topological polar surface area (TPSA) is 134 Å². The van der Waals surface area contributed by atoms with Crippen LogP contribution in [-0.2, 0) is 20.9 Å². The van der Waals surface area contributed by atoms with Crippen molar-refractivity contribution in [2.45, 2.75) is 63.3 Å². The lowest BCUT2D eigenvalue weighted by Crippen LogP contribution is -2.49. The van der Waals surface area contributed by atoms with E-state index in [0.717, 1.165) is 38.5 Å². The van der Waals surface area contributed by atoms with Crippen molar-refractivity contribution in [3.63, 3.8) is 0 Å². The molecule has 2 amide bonds. The first-order valence-corrected chi connectivity index (χ1v) is 13.3. The minimum absolute atomic E-state index is 0.0932. The predicted molar refractivity (Wildman–Crippen MR) is 139 cm³/mol. The molecule has 1 saturated carbocycles. The molecule has 3 heterocycles. The van der Waals surface area contributed by atoms with Gasteiger partial charge in [0.15, 0.2) is 17.5 Å². The van der Waals surface area contributed by atoms with Gasteiger partial charge < -0.3 is 28.8 Å². The van der Waals surface area contributed by atoms with Crippen LogP contribution >= 0.6 is 0 Å². The maximum Gasteiger partial charge on any atom is 0.250 e. The van der Waals surface area contributed by atoms with E-state index in [1.54, 1.807) is 44.6 Å². The SMILES string of the molecule is COc1ccc(-c2nnn(CC(=O)N(C[C@@H]3CCCO3)[C@H](C(=O)NC3CCCC3)c3ccco3)n2)cc1OC. The Hall–Kier alpha value is -3.93. The lowest BCUT2D eigenvalue weighted by molar-refractivity contribution is -0.144. The molecule has 0 spiro atoms. The van der Waals surface area contributed by atoms with Crippen LogP contribution in [0.2, 0.25) is 0 Å². The van der Waals surface area contributed by atoms with Gasteiger partial charge in [0.05, 0.1) is 26.6 Å². The quantitative estimate of drug-likeness (QED) is 0.391. The Labute approximate surface area is 226 Å². The summed E-state index contributed by atoms with van der Waals surface area (Å²) in [6.45, 7) is 0.673. The molecule has 208 valence electrons. The second-order valence-electron chi connectivity index (χ2n) is 9.80. The van der Waals surface area contributed by atoms with Crippen molar-refractivity contribution in [3.8, 4) is 22.9 Å². The first kappa shape index (κ1) is 26.7. The van der Waals surface area contributed by atoms with Crippen molar-refractivity contribution < 1.29 is 28.2 Å². The predicted octanol–water partition coefficient (Wildman–Crippen LogP) is 2.76. The van der Waals surface area contributed by atoms with Gasteiger partial charge >= 0.3 is 0 Å². The first-order chi connectivity index (χ1) is 19.1. The number of methoxy groups -OCH3 is 2. The second kappa shape index (κ2) is 12.3. The summed E-state index contributed by atoms with van der Waals surface area (Å²) in [7, 11) is 3.11.